The van der Waals surface area contributed by atoms with Gasteiger partial charge in [0.1, 0.15) is 6.04 Å². The van der Waals surface area contributed by atoms with Crippen molar-refractivity contribution in [2.75, 3.05) is 6.61 Å². The van der Waals surface area contributed by atoms with Crippen LogP contribution in [0.3, 0.4) is 0 Å². The minimum atomic E-state index is -1.10. The normalized spacial score (nSPS) is 11.3. The number of carbonyl (C=O) groups excluding carboxylic acids is 1. The zero-order valence-electron chi connectivity index (χ0n) is 8.06. The van der Waals surface area contributed by atoms with E-state index in [-0.39, 0.29) is 18.8 Å². The van der Waals surface area contributed by atoms with Gasteiger partial charge in [0.2, 0.25) is 0 Å². The number of nitrogens with two attached hydrogens (primary N) is 1. The highest BCUT2D eigenvalue weighted by molar-refractivity contribution is 5.85. The molecule has 5 nitrogen and oxygen atoms in total. The standard InChI is InChI=1S/C8H15NO4.ClH/c1-2-3-4-13-8(12)6(9)5-7(10)11;/h6H,2-5,9H2,1H3,(H,10,11);1H/t6-;/m0./s1. The molecule has 0 unspecified atom stereocenters. The van der Waals surface area contributed by atoms with Gasteiger partial charge in [-0.3, -0.25) is 9.59 Å². The van der Waals surface area contributed by atoms with E-state index in [2.05, 4.69) is 0 Å². The molecular formula is C8H16ClNO4. The molecule has 0 spiro atoms. The molecule has 0 aliphatic carbocycles. The number of carboxylic acids is 1. The van der Waals surface area contributed by atoms with E-state index in [0.29, 0.717) is 6.61 Å². The Bertz CT molecular complexity index is 186. The molecule has 0 radical (unpaired) electrons. The summed E-state index contributed by atoms with van der Waals surface area (Å²) in [7, 11) is 0. The Morgan fingerprint density at radius 1 is 1.50 bits per heavy atom. The number of unbranched alkanes of at least 4 members (excludes halogenated alkanes) is 1. The number of esters is 1. The lowest BCUT2D eigenvalue weighted by molar-refractivity contribution is -0.149. The lowest BCUT2D eigenvalue weighted by Gasteiger charge is -2.08. The van der Waals surface area contributed by atoms with Gasteiger partial charge in [0.25, 0.3) is 0 Å². The van der Waals surface area contributed by atoms with Crippen LogP contribution in [0.25, 0.3) is 0 Å². The second kappa shape index (κ2) is 8.77. The molecule has 3 N–H and O–H groups in total. The molecule has 0 rings (SSSR count). The van der Waals surface area contributed by atoms with E-state index < -0.39 is 18.0 Å². The molecule has 84 valence electrons. The van der Waals surface area contributed by atoms with Gasteiger partial charge in [0, 0.05) is 0 Å². The Kier molecular flexibility index (Phi) is 9.81. The largest absolute Gasteiger partial charge is 0.481 e. The predicted octanol–water partition coefficient (Wildman–Crippen LogP) is 0.553. The Morgan fingerprint density at radius 2 is 2.07 bits per heavy atom. The Labute approximate surface area is 89.0 Å². The highest BCUT2D eigenvalue weighted by atomic mass is 35.5. The average Bonchev–Trinajstić information content (AvgIpc) is 2.03. The van der Waals surface area contributed by atoms with Gasteiger partial charge in [-0.05, 0) is 6.42 Å². The summed E-state index contributed by atoms with van der Waals surface area (Å²) in [4.78, 5) is 21.1. The molecule has 0 aliphatic rings. The fourth-order valence-electron chi connectivity index (χ4n) is 0.696. The molecule has 0 aromatic rings. The van der Waals surface area contributed by atoms with Crippen LogP contribution in [0.5, 0.6) is 0 Å². The Morgan fingerprint density at radius 3 is 2.50 bits per heavy atom. The monoisotopic (exact) mass is 225 g/mol. The highest BCUT2D eigenvalue weighted by Gasteiger charge is 2.17. The van der Waals surface area contributed by atoms with Crippen molar-refractivity contribution >= 4 is 24.3 Å². The first-order valence-corrected chi connectivity index (χ1v) is 4.22. The summed E-state index contributed by atoms with van der Waals surface area (Å²) in [5.41, 5.74) is 5.25. The maximum atomic E-state index is 10.9. The van der Waals surface area contributed by atoms with E-state index in [1.54, 1.807) is 0 Å². The number of hydrogen-bond donors (Lipinski definition) is 2. The van der Waals surface area contributed by atoms with Gasteiger partial charge >= 0.3 is 11.9 Å². The van der Waals surface area contributed by atoms with Crippen molar-refractivity contribution in [3.63, 3.8) is 0 Å². The molecule has 0 saturated heterocycles. The van der Waals surface area contributed by atoms with E-state index in [0.717, 1.165) is 12.8 Å². The maximum Gasteiger partial charge on any atom is 0.323 e. The molecule has 0 aromatic heterocycles. The zero-order chi connectivity index (χ0) is 10.3. The van der Waals surface area contributed by atoms with Crippen molar-refractivity contribution in [1.29, 1.82) is 0 Å². The van der Waals surface area contributed by atoms with Crippen molar-refractivity contribution in [3.05, 3.63) is 0 Å². The predicted molar refractivity (Wildman–Crippen MR) is 53.3 cm³/mol. The summed E-state index contributed by atoms with van der Waals surface area (Å²) in [5, 5.41) is 8.32. The van der Waals surface area contributed by atoms with Gasteiger partial charge < -0.3 is 15.6 Å². The van der Waals surface area contributed by atoms with Gasteiger partial charge in [-0.2, -0.15) is 0 Å². The lowest BCUT2D eigenvalue weighted by Crippen LogP contribution is -2.34. The van der Waals surface area contributed by atoms with E-state index in [1.807, 2.05) is 6.92 Å². The van der Waals surface area contributed by atoms with E-state index in [1.165, 1.54) is 0 Å². The highest BCUT2D eigenvalue weighted by Crippen LogP contribution is 1.94. The first-order chi connectivity index (χ1) is 6.07. The van der Waals surface area contributed by atoms with Crippen LogP contribution in [0.4, 0.5) is 0 Å². The van der Waals surface area contributed by atoms with E-state index in [9.17, 15) is 9.59 Å². The molecule has 0 heterocycles. The van der Waals surface area contributed by atoms with Crippen molar-refractivity contribution in [3.8, 4) is 0 Å². The number of carboxylic acid groups (broad SMARTS) is 1. The van der Waals surface area contributed by atoms with Crippen LogP contribution in [0.15, 0.2) is 0 Å². The number of halogens is 1. The molecule has 0 fully saturated rings. The van der Waals surface area contributed by atoms with Crippen LogP contribution in [0.1, 0.15) is 26.2 Å². The third-order valence-corrected chi connectivity index (χ3v) is 1.44. The first-order valence-electron chi connectivity index (χ1n) is 4.22. The van der Waals surface area contributed by atoms with Crippen LogP contribution in [-0.2, 0) is 14.3 Å². The fourth-order valence-corrected chi connectivity index (χ4v) is 0.696. The number of ether oxygens (including phenoxy) is 1. The fraction of sp³-hybridized carbons (Fsp3) is 0.750. The summed E-state index contributed by atoms with van der Waals surface area (Å²) >= 11 is 0. The number of carbonyl (C=O) groups is 2. The number of rotatable bonds is 6. The van der Waals surface area contributed by atoms with Crippen molar-refractivity contribution in [2.24, 2.45) is 5.73 Å². The SMILES string of the molecule is CCCCOC(=O)[C@@H](N)CC(=O)O.Cl. The Balaban J connectivity index is 0. The van der Waals surface area contributed by atoms with Crippen LogP contribution < -0.4 is 5.73 Å². The zero-order valence-corrected chi connectivity index (χ0v) is 8.88. The molecule has 0 aliphatic heterocycles. The van der Waals surface area contributed by atoms with Gasteiger partial charge in [0.05, 0.1) is 13.0 Å². The van der Waals surface area contributed by atoms with Crippen molar-refractivity contribution in [2.45, 2.75) is 32.2 Å². The minimum absolute atomic E-state index is 0. The second-order valence-corrected chi connectivity index (χ2v) is 2.73. The third-order valence-electron chi connectivity index (χ3n) is 1.44. The van der Waals surface area contributed by atoms with Gasteiger partial charge in [0.15, 0.2) is 0 Å². The summed E-state index contributed by atoms with van der Waals surface area (Å²) < 4.78 is 4.72. The maximum absolute atomic E-state index is 10.9. The summed E-state index contributed by atoms with van der Waals surface area (Å²) in [6.07, 6.45) is 1.30. The molecule has 1 atom stereocenters. The number of hydrogen-bond acceptors (Lipinski definition) is 4. The molecule has 0 aromatic carbocycles. The van der Waals surface area contributed by atoms with Crippen LogP contribution in [0, 0.1) is 0 Å². The van der Waals surface area contributed by atoms with Crippen LogP contribution in [-0.4, -0.2) is 29.7 Å². The van der Waals surface area contributed by atoms with Crippen molar-refractivity contribution in [1.82, 2.24) is 0 Å². The Hall–Kier alpha value is -0.810. The molecule has 0 amide bonds. The average molecular weight is 226 g/mol. The van der Waals surface area contributed by atoms with Gasteiger partial charge in [-0.1, -0.05) is 13.3 Å². The summed E-state index contributed by atoms with van der Waals surface area (Å²) in [6.45, 7) is 2.27. The van der Waals surface area contributed by atoms with E-state index in [4.69, 9.17) is 15.6 Å². The van der Waals surface area contributed by atoms with Gasteiger partial charge in [-0.25, -0.2) is 0 Å². The number of aliphatic carboxylic acids is 1. The molecule has 0 bridgehead atoms. The van der Waals surface area contributed by atoms with Crippen molar-refractivity contribution < 1.29 is 19.4 Å². The summed E-state index contributed by atoms with van der Waals surface area (Å²) in [5.74, 6) is -1.74. The summed E-state index contributed by atoms with van der Waals surface area (Å²) in [6, 6.07) is -1.05. The quantitative estimate of drug-likeness (QED) is 0.509. The molecule has 14 heavy (non-hydrogen) atoms. The molecular weight excluding hydrogens is 210 g/mol. The molecule has 0 saturated carbocycles. The second-order valence-electron chi connectivity index (χ2n) is 2.73. The van der Waals surface area contributed by atoms with Crippen LogP contribution >= 0.6 is 12.4 Å². The van der Waals surface area contributed by atoms with E-state index >= 15 is 0 Å². The minimum Gasteiger partial charge on any atom is -0.481 e. The van der Waals surface area contributed by atoms with Crippen LogP contribution in [0.2, 0.25) is 0 Å². The topological polar surface area (TPSA) is 89.6 Å². The third kappa shape index (κ3) is 7.82. The smallest absolute Gasteiger partial charge is 0.323 e. The lowest BCUT2D eigenvalue weighted by atomic mass is 10.2. The molecule has 6 heteroatoms. The first kappa shape index (κ1) is 15.7. The van der Waals surface area contributed by atoms with Gasteiger partial charge in [-0.15, -0.1) is 12.4 Å².